The van der Waals surface area contributed by atoms with Crippen molar-refractivity contribution in [2.45, 2.75) is 9.79 Å². The van der Waals surface area contributed by atoms with Crippen LogP contribution in [0.15, 0.2) is 143 Å². The fourth-order valence-corrected chi connectivity index (χ4v) is 6.58. The number of benzene rings is 6. The summed E-state index contributed by atoms with van der Waals surface area (Å²) in [7, 11) is -9.26. The lowest BCUT2D eigenvalue weighted by Crippen LogP contribution is -2.02. The maximum Gasteiger partial charge on any atom is 0.295 e. The summed E-state index contributed by atoms with van der Waals surface area (Å²) in [6.07, 6.45) is 0. The van der Waals surface area contributed by atoms with Gasteiger partial charge in [0.15, 0.2) is 0 Å². The Morgan fingerprint density at radius 2 is 0.792 bits per heavy atom. The SMILES string of the molecule is Nc1ccc(Oc2ccc(-c3ccc(Oc4ccc(N)cc4)c(-c4ccccc4S(=O)(=O)O)c3)cc2-c2ccccc2S(=O)(=O)O)cc1. The van der Waals surface area contributed by atoms with E-state index in [9.17, 15) is 25.9 Å². The van der Waals surface area contributed by atoms with Gasteiger partial charge >= 0.3 is 0 Å². The minimum absolute atomic E-state index is 0.188. The van der Waals surface area contributed by atoms with Crippen LogP contribution in [0.5, 0.6) is 23.0 Å². The topological polar surface area (TPSA) is 179 Å². The molecule has 0 aromatic heterocycles. The van der Waals surface area contributed by atoms with E-state index in [-0.39, 0.29) is 20.9 Å². The van der Waals surface area contributed by atoms with Gasteiger partial charge in [-0.1, -0.05) is 48.5 Å². The molecule has 6 aromatic carbocycles. The van der Waals surface area contributed by atoms with Gasteiger partial charge in [0, 0.05) is 33.6 Å². The zero-order valence-electron chi connectivity index (χ0n) is 25.0. The molecule has 0 radical (unpaired) electrons. The number of anilines is 2. The molecule has 0 atom stereocenters. The monoisotopic (exact) mass is 680 g/mol. The van der Waals surface area contributed by atoms with Gasteiger partial charge in [0.2, 0.25) is 0 Å². The second-order valence-corrected chi connectivity index (χ2v) is 13.5. The third-order valence-corrected chi connectivity index (χ3v) is 9.24. The van der Waals surface area contributed by atoms with Gasteiger partial charge in [-0.15, -0.1) is 0 Å². The number of ether oxygens (including phenoxy) is 2. The minimum atomic E-state index is -4.63. The Bertz CT molecular complexity index is 2190. The minimum Gasteiger partial charge on any atom is -0.457 e. The van der Waals surface area contributed by atoms with Crippen molar-refractivity contribution in [3.8, 4) is 56.4 Å². The molecular weight excluding hydrogens is 653 g/mol. The molecule has 0 bridgehead atoms. The Labute approximate surface area is 277 Å². The van der Waals surface area contributed by atoms with E-state index >= 15 is 0 Å². The first-order valence-electron chi connectivity index (χ1n) is 14.4. The molecule has 0 aliphatic heterocycles. The first-order chi connectivity index (χ1) is 22.9. The van der Waals surface area contributed by atoms with Crippen molar-refractivity contribution in [3.05, 3.63) is 133 Å². The maximum absolute atomic E-state index is 12.4. The van der Waals surface area contributed by atoms with Crippen molar-refractivity contribution >= 4 is 31.6 Å². The largest absolute Gasteiger partial charge is 0.457 e. The first kappa shape index (κ1) is 32.3. The summed E-state index contributed by atoms with van der Waals surface area (Å²) in [6.45, 7) is 0. The average molecular weight is 681 g/mol. The van der Waals surface area contributed by atoms with E-state index in [1.165, 1.54) is 24.3 Å². The highest BCUT2D eigenvalue weighted by Gasteiger charge is 2.22. The highest BCUT2D eigenvalue weighted by atomic mass is 32.2. The molecule has 0 unspecified atom stereocenters. The van der Waals surface area contributed by atoms with Crippen molar-refractivity contribution < 1.29 is 35.4 Å². The summed E-state index contributed by atoms with van der Waals surface area (Å²) in [6, 6.07) is 35.5. The van der Waals surface area contributed by atoms with E-state index in [1.807, 2.05) is 0 Å². The molecule has 0 saturated heterocycles. The van der Waals surface area contributed by atoms with Crippen LogP contribution in [0, 0.1) is 0 Å². The standard InChI is InChI=1S/C36H28N2O8S2/c37-25-11-15-27(16-12-25)45-33-19-9-23(21-31(33)29-5-1-3-7-35(29)47(39,40)41)24-10-20-34(46-28-17-13-26(38)14-18-28)32(22-24)30-6-2-4-8-36(30)48(42,43)44/h1-22H,37-38H2,(H,39,40,41)(H,42,43,44). The van der Waals surface area contributed by atoms with E-state index in [0.29, 0.717) is 56.6 Å². The molecule has 6 N–H and O–H groups in total. The molecule has 0 aliphatic carbocycles. The van der Waals surface area contributed by atoms with Crippen LogP contribution in [0.1, 0.15) is 0 Å². The van der Waals surface area contributed by atoms with Crippen LogP contribution in [0.2, 0.25) is 0 Å². The van der Waals surface area contributed by atoms with Gasteiger partial charge < -0.3 is 20.9 Å². The Morgan fingerprint density at radius 3 is 1.15 bits per heavy atom. The summed E-state index contributed by atoms with van der Waals surface area (Å²) in [5.74, 6) is 1.46. The van der Waals surface area contributed by atoms with Crippen LogP contribution >= 0.6 is 0 Å². The summed E-state index contributed by atoms with van der Waals surface area (Å²) in [5.41, 5.74) is 15.0. The van der Waals surface area contributed by atoms with Gasteiger partial charge in [0.25, 0.3) is 20.2 Å². The van der Waals surface area contributed by atoms with Crippen molar-refractivity contribution in [2.75, 3.05) is 11.5 Å². The lowest BCUT2D eigenvalue weighted by atomic mass is 9.95. The number of hydrogen-bond donors (Lipinski definition) is 4. The van der Waals surface area contributed by atoms with Crippen LogP contribution < -0.4 is 20.9 Å². The van der Waals surface area contributed by atoms with E-state index in [4.69, 9.17) is 20.9 Å². The zero-order chi connectivity index (χ0) is 34.1. The third kappa shape index (κ3) is 7.01. The molecule has 12 heteroatoms. The van der Waals surface area contributed by atoms with E-state index < -0.39 is 20.2 Å². The molecule has 0 fully saturated rings. The van der Waals surface area contributed by atoms with Gasteiger partial charge in [-0.25, -0.2) is 0 Å². The van der Waals surface area contributed by atoms with Crippen molar-refractivity contribution in [1.29, 1.82) is 0 Å². The first-order valence-corrected chi connectivity index (χ1v) is 17.2. The fraction of sp³-hybridized carbons (Fsp3) is 0. The quantitative estimate of drug-likeness (QED) is 0.0865. The Hall–Kier alpha value is -5.66. The lowest BCUT2D eigenvalue weighted by molar-refractivity contribution is 0.479. The number of hydrogen-bond acceptors (Lipinski definition) is 8. The zero-order valence-corrected chi connectivity index (χ0v) is 26.6. The molecular formula is C36H28N2O8S2. The molecule has 0 amide bonds. The van der Waals surface area contributed by atoms with E-state index in [1.54, 1.807) is 109 Å². The van der Waals surface area contributed by atoms with Crippen LogP contribution in [0.25, 0.3) is 33.4 Å². The summed E-state index contributed by atoms with van der Waals surface area (Å²) in [4.78, 5) is -0.640. The molecule has 48 heavy (non-hydrogen) atoms. The second kappa shape index (κ2) is 12.9. The summed E-state index contributed by atoms with van der Waals surface area (Å²) in [5, 5.41) is 0. The van der Waals surface area contributed by atoms with Crippen molar-refractivity contribution in [1.82, 2.24) is 0 Å². The smallest absolute Gasteiger partial charge is 0.295 e. The average Bonchev–Trinajstić information content (AvgIpc) is 3.06. The molecule has 6 aromatic rings. The Balaban J connectivity index is 1.55. The van der Waals surface area contributed by atoms with Gasteiger partial charge in [-0.2, -0.15) is 16.8 Å². The third-order valence-electron chi connectivity index (χ3n) is 7.42. The second-order valence-electron chi connectivity index (χ2n) is 10.7. The molecule has 6 rings (SSSR count). The van der Waals surface area contributed by atoms with Crippen LogP contribution in [-0.2, 0) is 20.2 Å². The number of rotatable bonds is 9. The van der Waals surface area contributed by atoms with Crippen molar-refractivity contribution in [2.24, 2.45) is 0 Å². The predicted molar refractivity (Wildman–Crippen MR) is 184 cm³/mol. The number of nitrogen functional groups attached to an aromatic ring is 2. The Kier molecular flexibility index (Phi) is 8.65. The predicted octanol–water partition coefficient (Wildman–Crippen LogP) is 7.93. The lowest BCUT2D eigenvalue weighted by Gasteiger charge is -2.18. The number of nitrogens with two attached hydrogens (primary N) is 2. The molecule has 0 saturated carbocycles. The van der Waals surface area contributed by atoms with Gasteiger partial charge in [-0.3, -0.25) is 9.11 Å². The van der Waals surface area contributed by atoms with Crippen molar-refractivity contribution in [3.63, 3.8) is 0 Å². The molecule has 10 nitrogen and oxygen atoms in total. The van der Waals surface area contributed by atoms with Gasteiger partial charge in [-0.05, 0) is 96.1 Å². The maximum atomic E-state index is 12.4. The molecule has 0 spiro atoms. The summed E-state index contributed by atoms with van der Waals surface area (Å²) >= 11 is 0. The van der Waals surface area contributed by atoms with Crippen LogP contribution in [0.4, 0.5) is 11.4 Å². The molecule has 0 aliphatic rings. The summed E-state index contributed by atoms with van der Waals surface area (Å²) < 4.78 is 82.2. The Morgan fingerprint density at radius 1 is 0.438 bits per heavy atom. The highest BCUT2D eigenvalue weighted by molar-refractivity contribution is 7.86. The highest BCUT2D eigenvalue weighted by Crippen LogP contribution is 2.43. The fourth-order valence-electron chi connectivity index (χ4n) is 5.17. The molecule has 0 heterocycles. The van der Waals surface area contributed by atoms with Crippen LogP contribution in [0.3, 0.4) is 0 Å². The van der Waals surface area contributed by atoms with Gasteiger partial charge in [0.05, 0.1) is 0 Å². The normalized spacial score (nSPS) is 11.6. The van der Waals surface area contributed by atoms with E-state index in [0.717, 1.165) is 0 Å². The molecule has 242 valence electrons. The van der Waals surface area contributed by atoms with Crippen LogP contribution in [-0.4, -0.2) is 25.9 Å². The van der Waals surface area contributed by atoms with E-state index in [2.05, 4.69) is 0 Å². The van der Waals surface area contributed by atoms with Gasteiger partial charge in [0.1, 0.15) is 32.8 Å².